The minimum absolute atomic E-state index is 0.186. The van der Waals surface area contributed by atoms with Crippen LogP contribution in [-0.2, 0) is 17.1 Å². The number of aromatic nitrogens is 2. The lowest BCUT2D eigenvalue weighted by Gasteiger charge is -2.07. The maximum absolute atomic E-state index is 12.1. The van der Waals surface area contributed by atoms with Crippen LogP contribution < -0.4 is 4.72 Å². The normalized spacial score (nSPS) is 11.8. The Hall–Kier alpha value is -1.05. The molecule has 1 N–H and O–H groups in total. The highest BCUT2D eigenvalue weighted by Gasteiger charge is 2.20. The van der Waals surface area contributed by atoms with Crippen molar-refractivity contribution in [1.82, 2.24) is 9.78 Å². The standard InChI is InChI=1S/C10H12ClN3O2S2/c1-6-7(2)12-14(3)10(6)13-18(15,16)9-5-4-8(11)17-9/h4-5,13H,1-3H3. The molecule has 5 nitrogen and oxygen atoms in total. The fourth-order valence-corrected chi connectivity index (χ4v) is 4.16. The van der Waals surface area contributed by atoms with Gasteiger partial charge < -0.3 is 0 Å². The van der Waals surface area contributed by atoms with Gasteiger partial charge in [-0.2, -0.15) is 5.10 Å². The monoisotopic (exact) mass is 305 g/mol. The van der Waals surface area contributed by atoms with Gasteiger partial charge in [0, 0.05) is 12.6 Å². The number of thiophene rings is 1. The van der Waals surface area contributed by atoms with Crippen LogP contribution in [0, 0.1) is 13.8 Å². The Kier molecular flexibility index (Phi) is 3.39. The first-order valence-corrected chi connectivity index (χ1v) is 7.77. The van der Waals surface area contributed by atoms with Gasteiger partial charge in [0.1, 0.15) is 10.0 Å². The average Bonchev–Trinajstić information content (AvgIpc) is 2.80. The summed E-state index contributed by atoms with van der Waals surface area (Å²) in [5, 5.41) is 4.16. The molecule has 0 fully saturated rings. The maximum atomic E-state index is 12.1. The Balaban J connectivity index is 2.39. The van der Waals surface area contributed by atoms with Crippen molar-refractivity contribution >= 4 is 38.8 Å². The summed E-state index contributed by atoms with van der Waals surface area (Å²) in [5.74, 6) is 0.469. The van der Waals surface area contributed by atoms with E-state index in [4.69, 9.17) is 11.6 Å². The van der Waals surface area contributed by atoms with Gasteiger partial charge in [-0.15, -0.1) is 11.3 Å². The van der Waals surface area contributed by atoms with Crippen molar-refractivity contribution in [1.29, 1.82) is 0 Å². The molecule has 0 unspecified atom stereocenters. The van der Waals surface area contributed by atoms with Crippen LogP contribution in [0.1, 0.15) is 11.3 Å². The number of anilines is 1. The number of nitrogens with zero attached hydrogens (tertiary/aromatic N) is 2. The molecule has 8 heteroatoms. The predicted molar refractivity (Wildman–Crippen MR) is 72.8 cm³/mol. The first-order chi connectivity index (χ1) is 8.31. The molecule has 0 aromatic carbocycles. The van der Waals surface area contributed by atoms with Crippen molar-refractivity contribution in [2.24, 2.45) is 7.05 Å². The average molecular weight is 306 g/mol. The Morgan fingerprint density at radius 3 is 2.50 bits per heavy atom. The topological polar surface area (TPSA) is 64.0 Å². The molecule has 18 heavy (non-hydrogen) atoms. The summed E-state index contributed by atoms with van der Waals surface area (Å²) >= 11 is 6.76. The fourth-order valence-electron chi connectivity index (χ4n) is 1.53. The fraction of sp³-hybridized carbons (Fsp3) is 0.300. The van der Waals surface area contributed by atoms with Crippen molar-refractivity contribution < 1.29 is 8.42 Å². The molecule has 98 valence electrons. The quantitative estimate of drug-likeness (QED) is 0.948. The van der Waals surface area contributed by atoms with Gasteiger partial charge in [0.25, 0.3) is 10.0 Å². The number of nitrogens with one attached hydrogen (secondary N) is 1. The third kappa shape index (κ3) is 2.38. The molecule has 2 heterocycles. The molecule has 0 saturated heterocycles. The molecule has 2 aromatic rings. The Labute approximate surface area is 114 Å². The van der Waals surface area contributed by atoms with E-state index in [2.05, 4.69) is 9.82 Å². The van der Waals surface area contributed by atoms with Gasteiger partial charge in [-0.05, 0) is 26.0 Å². The molecule has 2 aromatic heterocycles. The number of rotatable bonds is 3. The lowest BCUT2D eigenvalue weighted by molar-refractivity contribution is 0.602. The summed E-state index contributed by atoms with van der Waals surface area (Å²) in [6, 6.07) is 3.04. The molecule has 0 aliphatic heterocycles. The highest BCUT2D eigenvalue weighted by Crippen LogP contribution is 2.28. The predicted octanol–water partition coefficient (Wildman–Crippen LogP) is 2.55. The lowest BCUT2D eigenvalue weighted by Crippen LogP contribution is -2.14. The van der Waals surface area contributed by atoms with Crippen LogP contribution in [0.5, 0.6) is 0 Å². The Morgan fingerprint density at radius 1 is 1.39 bits per heavy atom. The summed E-state index contributed by atoms with van der Waals surface area (Å²) in [5.41, 5.74) is 1.60. The van der Waals surface area contributed by atoms with E-state index in [1.165, 1.54) is 10.7 Å². The number of aryl methyl sites for hydroxylation is 2. The van der Waals surface area contributed by atoms with Gasteiger partial charge in [-0.3, -0.25) is 9.40 Å². The highest BCUT2D eigenvalue weighted by molar-refractivity contribution is 7.94. The summed E-state index contributed by atoms with van der Waals surface area (Å²) in [7, 11) is -1.91. The molecular formula is C10H12ClN3O2S2. The van der Waals surface area contributed by atoms with E-state index in [-0.39, 0.29) is 4.21 Å². The molecular weight excluding hydrogens is 294 g/mol. The van der Waals surface area contributed by atoms with E-state index >= 15 is 0 Å². The Bertz CT molecular complexity index is 688. The first kappa shape index (κ1) is 13.4. The Morgan fingerprint density at radius 2 is 2.06 bits per heavy atom. The molecule has 0 bridgehead atoms. The molecule has 0 spiro atoms. The van der Waals surface area contributed by atoms with E-state index in [0.29, 0.717) is 10.2 Å². The second-order valence-electron chi connectivity index (χ2n) is 3.85. The van der Waals surface area contributed by atoms with Crippen molar-refractivity contribution in [3.63, 3.8) is 0 Å². The van der Waals surface area contributed by atoms with Gasteiger partial charge >= 0.3 is 0 Å². The number of hydrogen-bond donors (Lipinski definition) is 1. The van der Waals surface area contributed by atoms with Crippen molar-refractivity contribution in [3.8, 4) is 0 Å². The molecule has 0 aliphatic carbocycles. The molecule has 2 rings (SSSR count). The van der Waals surface area contributed by atoms with Crippen LogP contribution in [0.4, 0.5) is 5.82 Å². The minimum atomic E-state index is -3.60. The SMILES string of the molecule is Cc1nn(C)c(NS(=O)(=O)c2ccc(Cl)s2)c1C. The van der Waals surface area contributed by atoms with E-state index in [0.717, 1.165) is 22.6 Å². The van der Waals surface area contributed by atoms with Gasteiger partial charge in [-0.1, -0.05) is 11.6 Å². The second kappa shape index (κ2) is 4.56. The van der Waals surface area contributed by atoms with Crippen molar-refractivity contribution in [2.75, 3.05) is 4.72 Å². The zero-order valence-corrected chi connectivity index (χ0v) is 12.4. The van der Waals surface area contributed by atoms with Crippen LogP contribution in [0.15, 0.2) is 16.3 Å². The zero-order valence-electron chi connectivity index (χ0n) is 10.1. The van der Waals surface area contributed by atoms with Crippen LogP contribution in [-0.4, -0.2) is 18.2 Å². The first-order valence-electron chi connectivity index (χ1n) is 5.09. The number of sulfonamides is 1. The maximum Gasteiger partial charge on any atom is 0.272 e. The van der Waals surface area contributed by atoms with E-state index < -0.39 is 10.0 Å². The third-order valence-electron chi connectivity index (χ3n) is 2.57. The largest absolute Gasteiger partial charge is 0.272 e. The molecule has 0 saturated carbocycles. The molecule has 0 radical (unpaired) electrons. The van der Waals surface area contributed by atoms with Gasteiger partial charge in [0.2, 0.25) is 0 Å². The van der Waals surface area contributed by atoms with E-state index in [9.17, 15) is 8.42 Å². The lowest BCUT2D eigenvalue weighted by atomic mass is 10.3. The van der Waals surface area contributed by atoms with E-state index in [1.54, 1.807) is 13.1 Å². The highest BCUT2D eigenvalue weighted by atomic mass is 35.5. The van der Waals surface area contributed by atoms with Crippen molar-refractivity contribution in [3.05, 3.63) is 27.7 Å². The summed E-state index contributed by atoms with van der Waals surface area (Å²) in [6.07, 6.45) is 0. The van der Waals surface area contributed by atoms with Crippen LogP contribution in [0.25, 0.3) is 0 Å². The summed E-state index contributed by atoms with van der Waals surface area (Å²) in [6.45, 7) is 3.65. The van der Waals surface area contributed by atoms with Gasteiger partial charge in [-0.25, -0.2) is 8.42 Å². The summed E-state index contributed by atoms with van der Waals surface area (Å²) < 4.78 is 28.9. The zero-order chi connectivity index (χ0) is 13.5. The smallest absolute Gasteiger partial charge is 0.263 e. The van der Waals surface area contributed by atoms with Crippen molar-refractivity contribution in [2.45, 2.75) is 18.1 Å². The van der Waals surface area contributed by atoms with Crippen LogP contribution >= 0.6 is 22.9 Å². The van der Waals surface area contributed by atoms with Gasteiger partial charge in [0.15, 0.2) is 0 Å². The molecule has 0 aliphatic rings. The number of halogens is 1. The van der Waals surface area contributed by atoms with Crippen LogP contribution in [0.2, 0.25) is 4.34 Å². The van der Waals surface area contributed by atoms with E-state index in [1.807, 2.05) is 13.8 Å². The number of hydrogen-bond acceptors (Lipinski definition) is 4. The minimum Gasteiger partial charge on any atom is -0.263 e. The van der Waals surface area contributed by atoms with Crippen LogP contribution in [0.3, 0.4) is 0 Å². The summed E-state index contributed by atoms with van der Waals surface area (Å²) in [4.78, 5) is 0. The van der Waals surface area contributed by atoms with Gasteiger partial charge in [0.05, 0.1) is 10.0 Å². The second-order valence-corrected chi connectivity index (χ2v) is 7.47. The molecule has 0 amide bonds. The third-order valence-corrected chi connectivity index (χ3v) is 5.63. The molecule has 0 atom stereocenters.